The number of hydrogen-bond acceptors (Lipinski definition) is 3. The maximum absolute atomic E-state index is 12.5. The van der Waals surface area contributed by atoms with Crippen LogP contribution in [-0.2, 0) is 9.53 Å². The first-order valence-electron chi connectivity index (χ1n) is 8.81. The van der Waals surface area contributed by atoms with Gasteiger partial charge in [0.15, 0.2) is 0 Å². The molecule has 0 aromatic rings. The van der Waals surface area contributed by atoms with Crippen molar-refractivity contribution in [3.8, 4) is 0 Å². The summed E-state index contributed by atoms with van der Waals surface area (Å²) in [4.78, 5) is 12.5. The molecule has 0 aromatic carbocycles. The van der Waals surface area contributed by atoms with Gasteiger partial charge in [-0.25, -0.2) is 0 Å². The maximum Gasteiger partial charge on any atom is 0.240 e. The van der Waals surface area contributed by atoms with E-state index in [0.29, 0.717) is 6.54 Å². The van der Waals surface area contributed by atoms with E-state index < -0.39 is 5.54 Å². The summed E-state index contributed by atoms with van der Waals surface area (Å²) in [6.07, 6.45) is 11.8. The summed E-state index contributed by atoms with van der Waals surface area (Å²) in [5, 5.41) is 3.12. The summed E-state index contributed by atoms with van der Waals surface area (Å²) < 4.78 is 6.13. The molecule has 0 bridgehead atoms. The van der Waals surface area contributed by atoms with E-state index in [1.807, 2.05) is 0 Å². The topological polar surface area (TPSA) is 64.3 Å². The van der Waals surface area contributed by atoms with Crippen LogP contribution in [0.4, 0.5) is 0 Å². The molecule has 0 spiro atoms. The van der Waals surface area contributed by atoms with E-state index in [-0.39, 0.29) is 11.5 Å². The van der Waals surface area contributed by atoms with Crippen LogP contribution in [0.2, 0.25) is 0 Å². The third-order valence-corrected chi connectivity index (χ3v) is 5.15. The number of carbonyl (C=O) groups is 1. The van der Waals surface area contributed by atoms with Gasteiger partial charge in [-0.3, -0.25) is 4.79 Å². The molecule has 3 N–H and O–H groups in total. The second-order valence-electron chi connectivity index (χ2n) is 6.99. The zero-order valence-corrected chi connectivity index (χ0v) is 13.6. The van der Waals surface area contributed by atoms with Gasteiger partial charge in [0.1, 0.15) is 0 Å². The summed E-state index contributed by atoms with van der Waals surface area (Å²) in [6.45, 7) is 3.54. The van der Waals surface area contributed by atoms with Gasteiger partial charge in [0.05, 0.1) is 11.1 Å². The Morgan fingerprint density at radius 2 is 1.62 bits per heavy atom. The molecule has 1 amide bonds. The fourth-order valence-corrected chi connectivity index (χ4v) is 3.71. The highest BCUT2D eigenvalue weighted by molar-refractivity contribution is 5.86. The van der Waals surface area contributed by atoms with E-state index in [0.717, 1.165) is 51.6 Å². The molecule has 0 aromatic heterocycles. The van der Waals surface area contributed by atoms with Gasteiger partial charge in [0.2, 0.25) is 5.91 Å². The minimum atomic E-state index is -0.640. The molecule has 0 saturated heterocycles. The highest BCUT2D eigenvalue weighted by Gasteiger charge is 2.38. The summed E-state index contributed by atoms with van der Waals surface area (Å²) in [7, 11) is 0. The number of ether oxygens (including phenoxy) is 1. The first kappa shape index (κ1) is 16.8. The van der Waals surface area contributed by atoms with Gasteiger partial charge in [-0.05, 0) is 32.1 Å². The number of rotatable bonds is 6. The van der Waals surface area contributed by atoms with E-state index >= 15 is 0 Å². The second-order valence-corrected chi connectivity index (χ2v) is 6.99. The molecule has 0 aliphatic heterocycles. The molecular weight excluding hydrogens is 264 g/mol. The van der Waals surface area contributed by atoms with E-state index in [2.05, 4.69) is 12.2 Å². The van der Waals surface area contributed by atoms with Crippen LogP contribution in [0.5, 0.6) is 0 Å². The zero-order valence-electron chi connectivity index (χ0n) is 13.6. The van der Waals surface area contributed by atoms with E-state index in [4.69, 9.17) is 10.5 Å². The first-order valence-corrected chi connectivity index (χ1v) is 8.81. The SMILES string of the molecule is CCCOC1(CNC(=O)C2(N)CCCCC2)CCCCC1. The Morgan fingerprint density at radius 1 is 1.05 bits per heavy atom. The predicted molar refractivity (Wildman–Crippen MR) is 85.1 cm³/mol. The second kappa shape index (κ2) is 7.59. The Balaban J connectivity index is 1.89. The summed E-state index contributed by atoms with van der Waals surface area (Å²) in [5.41, 5.74) is 5.52. The third-order valence-electron chi connectivity index (χ3n) is 5.15. The lowest BCUT2D eigenvalue weighted by Crippen LogP contribution is -2.58. The van der Waals surface area contributed by atoms with Crippen molar-refractivity contribution in [2.24, 2.45) is 5.73 Å². The molecular formula is C17H32N2O2. The molecule has 4 nitrogen and oxygen atoms in total. The van der Waals surface area contributed by atoms with Crippen LogP contribution >= 0.6 is 0 Å². The minimum absolute atomic E-state index is 0.0345. The number of hydrogen-bond donors (Lipinski definition) is 2. The van der Waals surface area contributed by atoms with Crippen LogP contribution in [0.15, 0.2) is 0 Å². The quantitative estimate of drug-likeness (QED) is 0.792. The average Bonchev–Trinajstić information content (AvgIpc) is 2.52. The zero-order chi connectivity index (χ0) is 15.2. The molecule has 0 radical (unpaired) electrons. The molecule has 2 aliphatic rings. The third kappa shape index (κ3) is 4.43. The van der Waals surface area contributed by atoms with Crippen molar-refractivity contribution in [3.05, 3.63) is 0 Å². The molecule has 2 fully saturated rings. The fourth-order valence-electron chi connectivity index (χ4n) is 3.71. The van der Waals surface area contributed by atoms with E-state index in [1.54, 1.807) is 0 Å². The fraction of sp³-hybridized carbons (Fsp3) is 0.941. The Bertz CT molecular complexity index is 332. The summed E-state index contributed by atoms with van der Waals surface area (Å²) in [6, 6.07) is 0. The van der Waals surface area contributed by atoms with Gasteiger partial charge >= 0.3 is 0 Å². The van der Waals surface area contributed by atoms with Crippen molar-refractivity contribution in [3.63, 3.8) is 0 Å². The molecule has 122 valence electrons. The van der Waals surface area contributed by atoms with E-state index in [9.17, 15) is 4.79 Å². The lowest BCUT2D eigenvalue weighted by Gasteiger charge is -2.39. The number of nitrogens with one attached hydrogen (secondary N) is 1. The largest absolute Gasteiger partial charge is 0.373 e. The average molecular weight is 296 g/mol. The standard InChI is InChI=1S/C17H32N2O2/c1-2-13-21-16(9-5-3-6-10-16)14-19-15(20)17(18)11-7-4-8-12-17/h2-14,18H2,1H3,(H,19,20). The van der Waals surface area contributed by atoms with Crippen LogP contribution in [0.25, 0.3) is 0 Å². The van der Waals surface area contributed by atoms with Crippen molar-refractivity contribution in [1.29, 1.82) is 0 Å². The van der Waals surface area contributed by atoms with Gasteiger partial charge in [-0.15, -0.1) is 0 Å². The summed E-state index contributed by atoms with van der Waals surface area (Å²) in [5.74, 6) is 0.0345. The number of nitrogens with two attached hydrogens (primary N) is 1. The smallest absolute Gasteiger partial charge is 0.240 e. The molecule has 4 heteroatoms. The number of carbonyl (C=O) groups excluding carboxylic acids is 1. The maximum atomic E-state index is 12.5. The van der Waals surface area contributed by atoms with Crippen molar-refractivity contribution in [2.45, 2.75) is 88.7 Å². The van der Waals surface area contributed by atoms with Gasteiger partial charge in [-0.1, -0.05) is 45.4 Å². The van der Waals surface area contributed by atoms with Crippen molar-refractivity contribution in [2.75, 3.05) is 13.2 Å². The molecule has 2 saturated carbocycles. The molecule has 2 rings (SSSR count). The van der Waals surface area contributed by atoms with Gasteiger partial charge in [0, 0.05) is 13.2 Å². The van der Waals surface area contributed by atoms with Gasteiger partial charge in [0.25, 0.3) is 0 Å². The summed E-state index contributed by atoms with van der Waals surface area (Å²) >= 11 is 0. The Hall–Kier alpha value is -0.610. The van der Waals surface area contributed by atoms with Crippen molar-refractivity contribution >= 4 is 5.91 Å². The van der Waals surface area contributed by atoms with Crippen LogP contribution in [0, 0.1) is 0 Å². The lowest BCUT2D eigenvalue weighted by molar-refractivity contribution is -0.130. The monoisotopic (exact) mass is 296 g/mol. The normalized spacial score (nSPS) is 24.5. The van der Waals surface area contributed by atoms with Crippen LogP contribution in [0.3, 0.4) is 0 Å². The highest BCUT2D eigenvalue weighted by atomic mass is 16.5. The highest BCUT2D eigenvalue weighted by Crippen LogP contribution is 2.32. The molecule has 0 unspecified atom stereocenters. The van der Waals surface area contributed by atoms with Gasteiger partial charge in [-0.2, -0.15) is 0 Å². The van der Waals surface area contributed by atoms with Crippen LogP contribution < -0.4 is 11.1 Å². The molecule has 0 atom stereocenters. The predicted octanol–water partition coefficient (Wildman–Crippen LogP) is 2.89. The number of amides is 1. The van der Waals surface area contributed by atoms with Gasteiger partial charge < -0.3 is 15.8 Å². The van der Waals surface area contributed by atoms with Crippen LogP contribution in [0.1, 0.15) is 77.6 Å². The molecule has 0 heterocycles. The first-order chi connectivity index (χ1) is 10.1. The van der Waals surface area contributed by atoms with E-state index in [1.165, 1.54) is 25.7 Å². The molecule has 21 heavy (non-hydrogen) atoms. The minimum Gasteiger partial charge on any atom is -0.373 e. The Labute approximate surface area is 129 Å². The molecule has 2 aliphatic carbocycles. The Morgan fingerprint density at radius 3 is 2.19 bits per heavy atom. The van der Waals surface area contributed by atoms with Crippen LogP contribution in [-0.4, -0.2) is 30.2 Å². The van der Waals surface area contributed by atoms with Crippen molar-refractivity contribution in [1.82, 2.24) is 5.32 Å². The van der Waals surface area contributed by atoms with Crippen molar-refractivity contribution < 1.29 is 9.53 Å². The Kier molecular flexibility index (Phi) is 6.06. The lowest BCUT2D eigenvalue weighted by atomic mass is 9.81.